The van der Waals surface area contributed by atoms with Crippen molar-refractivity contribution < 1.29 is 36.1 Å². The number of nitroso groups, excluding NO2 is 1. The molecule has 3 aromatic rings. The number of pyridine rings is 1. The lowest BCUT2D eigenvalue weighted by Gasteiger charge is -2.35. The maximum atomic E-state index is 14.2. The van der Waals surface area contributed by atoms with E-state index in [-0.39, 0.29) is 27.3 Å². The van der Waals surface area contributed by atoms with Gasteiger partial charge in [0.15, 0.2) is 16.5 Å². The van der Waals surface area contributed by atoms with Crippen LogP contribution in [-0.4, -0.2) is 68.4 Å². The van der Waals surface area contributed by atoms with Crippen molar-refractivity contribution in [3.05, 3.63) is 45.8 Å². The zero-order valence-electron chi connectivity index (χ0n) is 19.1. The van der Waals surface area contributed by atoms with Gasteiger partial charge in [0.25, 0.3) is 4.98 Å². The lowest BCUT2D eigenvalue weighted by molar-refractivity contribution is -0.532. The predicted molar refractivity (Wildman–Crippen MR) is 117 cm³/mol. The van der Waals surface area contributed by atoms with E-state index < -0.39 is 47.5 Å². The van der Waals surface area contributed by atoms with Crippen LogP contribution in [0.15, 0.2) is 24.4 Å². The second-order valence-electron chi connectivity index (χ2n) is 9.04. The van der Waals surface area contributed by atoms with Crippen molar-refractivity contribution in [2.75, 3.05) is 37.1 Å². The van der Waals surface area contributed by atoms with Crippen molar-refractivity contribution in [2.24, 2.45) is 0 Å². The second-order valence-corrected chi connectivity index (χ2v) is 9.43. The monoisotopic (exact) mass is 551 g/mol. The van der Waals surface area contributed by atoms with Crippen LogP contribution < -0.4 is 15.2 Å². The third-order valence-corrected chi connectivity index (χ3v) is 6.37. The van der Waals surface area contributed by atoms with Crippen LogP contribution in [0.3, 0.4) is 0 Å². The molecule has 5 rings (SSSR count). The molecule has 0 aliphatic carbocycles. The molecule has 1 saturated heterocycles. The molecule has 1 N–H and O–H groups in total. The topological polar surface area (TPSA) is 90.9 Å². The van der Waals surface area contributed by atoms with Crippen molar-refractivity contribution in [3.8, 4) is 5.88 Å². The Balaban J connectivity index is 1.50. The molecule has 0 unspecified atom stereocenters. The molecule has 0 radical (unpaired) electrons. The SMILES string of the molecule is CN1CC(Oc2cc(N[N+](=O)N3C[C@@](C)(C(F)(F)F)c4c3cnc3cc(Cl)nn43)cc(C(F)(F)F)n2)C1. The first-order valence-electron chi connectivity index (χ1n) is 10.7. The first kappa shape index (κ1) is 25.3. The highest BCUT2D eigenvalue weighted by Gasteiger charge is 2.63. The molecule has 1 atom stereocenters. The molecule has 5 heterocycles. The van der Waals surface area contributed by atoms with Crippen LogP contribution in [0.25, 0.3) is 5.65 Å². The van der Waals surface area contributed by atoms with Crippen molar-refractivity contribution in [1.82, 2.24) is 24.5 Å². The zero-order valence-corrected chi connectivity index (χ0v) is 19.9. The maximum absolute atomic E-state index is 14.2. The van der Waals surface area contributed by atoms with Crippen LogP contribution in [0.4, 0.5) is 37.7 Å². The molecule has 1 fully saturated rings. The molecule has 0 aromatic carbocycles. The van der Waals surface area contributed by atoms with E-state index in [1.165, 1.54) is 6.07 Å². The quantitative estimate of drug-likeness (QED) is 0.291. The highest BCUT2D eigenvalue weighted by atomic mass is 35.5. The van der Waals surface area contributed by atoms with Gasteiger partial charge in [0, 0.05) is 25.2 Å². The van der Waals surface area contributed by atoms with Crippen LogP contribution in [-0.2, 0) is 11.6 Å². The van der Waals surface area contributed by atoms with Crippen LogP contribution in [0.2, 0.25) is 5.15 Å². The Bertz CT molecular complexity index is 1390. The van der Waals surface area contributed by atoms with E-state index in [0.717, 1.165) is 23.7 Å². The number of halogens is 7. The summed E-state index contributed by atoms with van der Waals surface area (Å²) in [5.41, 5.74) is -2.80. The number of anilines is 2. The average molecular weight is 552 g/mol. The fourth-order valence-electron chi connectivity index (χ4n) is 4.28. The summed E-state index contributed by atoms with van der Waals surface area (Å²) in [7, 11) is 1.80. The number of nitrogens with zero attached hydrogens (tertiary/aromatic N) is 7. The van der Waals surface area contributed by atoms with Gasteiger partial charge >= 0.3 is 12.4 Å². The summed E-state index contributed by atoms with van der Waals surface area (Å²) in [5, 5.41) is 4.42. The minimum absolute atomic E-state index is 0.0267. The van der Waals surface area contributed by atoms with Gasteiger partial charge < -0.3 is 4.74 Å². The summed E-state index contributed by atoms with van der Waals surface area (Å²) in [6.45, 7) is 0.905. The summed E-state index contributed by atoms with van der Waals surface area (Å²) >= 11 is 5.86. The van der Waals surface area contributed by atoms with E-state index in [0.29, 0.717) is 24.2 Å². The lowest BCUT2D eigenvalue weighted by atomic mass is 9.88. The van der Waals surface area contributed by atoms with Crippen LogP contribution >= 0.6 is 11.6 Å². The van der Waals surface area contributed by atoms with Crippen molar-refractivity contribution >= 4 is 28.6 Å². The average Bonchev–Trinajstić information content (AvgIpc) is 3.29. The van der Waals surface area contributed by atoms with Gasteiger partial charge in [-0.3, -0.25) is 4.90 Å². The molecule has 2 aliphatic rings. The first-order chi connectivity index (χ1) is 17.2. The summed E-state index contributed by atoms with van der Waals surface area (Å²) in [4.78, 5) is 22.3. The molecule has 0 bridgehead atoms. The van der Waals surface area contributed by atoms with E-state index in [4.69, 9.17) is 16.3 Å². The maximum Gasteiger partial charge on any atom is 0.433 e. The van der Waals surface area contributed by atoms with Gasteiger partial charge in [-0.25, -0.2) is 14.5 Å². The molecule has 0 amide bonds. The van der Waals surface area contributed by atoms with E-state index >= 15 is 0 Å². The predicted octanol–water partition coefficient (Wildman–Crippen LogP) is 3.85. The minimum Gasteiger partial charge on any atom is -0.472 e. The number of hydrogen-bond donors (Lipinski definition) is 1. The van der Waals surface area contributed by atoms with E-state index in [1.807, 2.05) is 4.90 Å². The number of ether oxygens (including phenoxy) is 1. The van der Waals surface area contributed by atoms with Crippen LogP contribution in [0, 0.1) is 4.91 Å². The van der Waals surface area contributed by atoms with E-state index in [1.54, 1.807) is 7.05 Å². The Labute approximate surface area is 209 Å². The summed E-state index contributed by atoms with van der Waals surface area (Å²) in [6, 6.07) is 2.87. The standard InChI is InChI=1S/C20H18ClF6N8O2/c1-18(20(25,26)27)9-33(12-6-28-15-5-14(21)31-34(15)17(12)18)35(36)30-10-3-13(19(22,23)24)29-16(4-10)37-11-7-32(2)8-11/h3-6,11H,7-9H2,1-2H3,(H,29,30,36)/q+1/t18-/m1/s1. The number of nitrogens with one attached hydrogen (secondary N) is 1. The summed E-state index contributed by atoms with van der Waals surface area (Å²) in [5.74, 6) is -0.389. The Morgan fingerprint density at radius 2 is 1.89 bits per heavy atom. The Morgan fingerprint density at radius 3 is 2.51 bits per heavy atom. The highest BCUT2D eigenvalue weighted by Crippen LogP contribution is 2.50. The number of fused-ring (bicyclic) bond motifs is 3. The fraction of sp³-hybridized carbons (Fsp3) is 0.450. The number of likely N-dealkylation sites (tertiary alicyclic amines) is 1. The molecule has 0 spiro atoms. The van der Waals surface area contributed by atoms with Gasteiger partial charge in [-0.1, -0.05) is 22.0 Å². The van der Waals surface area contributed by atoms with Crippen molar-refractivity contribution in [1.29, 1.82) is 0 Å². The Kier molecular flexibility index (Phi) is 5.67. The van der Waals surface area contributed by atoms with Crippen LogP contribution in [0.5, 0.6) is 5.88 Å². The Hall–Kier alpha value is -3.40. The van der Waals surface area contributed by atoms with Crippen LogP contribution in [0.1, 0.15) is 18.3 Å². The molecule has 17 heteroatoms. The Morgan fingerprint density at radius 1 is 1.19 bits per heavy atom. The summed E-state index contributed by atoms with van der Waals surface area (Å²) < 4.78 is 89.4. The largest absolute Gasteiger partial charge is 0.472 e. The molecule has 10 nitrogen and oxygen atoms in total. The number of hydrogen-bond acceptors (Lipinski definition) is 6. The molecule has 0 saturated carbocycles. The van der Waals surface area contributed by atoms with Gasteiger partial charge in [0.2, 0.25) is 5.88 Å². The number of rotatable bonds is 5. The molecule has 198 valence electrons. The van der Waals surface area contributed by atoms with Gasteiger partial charge in [0.05, 0.1) is 16.8 Å². The molecular formula is C20H18ClF6N8O2+. The van der Waals surface area contributed by atoms with E-state index in [2.05, 4.69) is 20.5 Å². The number of aromatic nitrogens is 4. The zero-order chi connectivity index (χ0) is 26.9. The van der Waals surface area contributed by atoms with Gasteiger partial charge in [0.1, 0.15) is 29.4 Å². The fourth-order valence-corrected chi connectivity index (χ4v) is 4.45. The molecule has 3 aromatic heterocycles. The highest BCUT2D eigenvalue weighted by molar-refractivity contribution is 6.29. The normalized spacial score (nSPS) is 20.7. The van der Waals surface area contributed by atoms with E-state index in [9.17, 15) is 31.2 Å². The molecule has 2 aliphatic heterocycles. The second kappa shape index (κ2) is 8.31. The number of alkyl halides is 6. The van der Waals surface area contributed by atoms with Crippen molar-refractivity contribution in [3.63, 3.8) is 0 Å². The summed E-state index contributed by atoms with van der Waals surface area (Å²) in [6.07, 6.45) is -9.06. The number of hydrazine groups is 2. The van der Waals surface area contributed by atoms with Gasteiger partial charge in [-0.05, 0) is 20.0 Å². The van der Waals surface area contributed by atoms with Crippen molar-refractivity contribution in [2.45, 2.75) is 30.8 Å². The van der Waals surface area contributed by atoms with Gasteiger partial charge in [-0.2, -0.15) is 31.4 Å². The molecule has 37 heavy (non-hydrogen) atoms. The number of likely N-dealkylation sites (N-methyl/N-ethyl adjacent to an activating group) is 1. The molecular weight excluding hydrogens is 534 g/mol. The third kappa shape index (κ3) is 4.37. The first-order valence-corrected chi connectivity index (χ1v) is 11.1. The third-order valence-electron chi connectivity index (χ3n) is 6.18. The lowest BCUT2D eigenvalue weighted by Crippen LogP contribution is -2.51. The van der Waals surface area contributed by atoms with Gasteiger partial charge in [-0.15, -0.1) is 0 Å². The minimum atomic E-state index is -4.87. The smallest absolute Gasteiger partial charge is 0.433 e.